The zero-order valence-corrected chi connectivity index (χ0v) is 9.07. The van der Waals surface area contributed by atoms with Crippen LogP contribution in [0.15, 0.2) is 0 Å². The summed E-state index contributed by atoms with van der Waals surface area (Å²) in [7, 11) is 0. The first kappa shape index (κ1) is 9.59. The standard InChI is InChI=1S/C6H6Cl3NS/c1-3-5(6(7,8)9)11-4(2)10-3/h1-2H3. The molecular formula is C6H6Cl3NS. The number of hydrogen-bond acceptors (Lipinski definition) is 2. The molecule has 0 aliphatic rings. The molecule has 0 atom stereocenters. The van der Waals surface area contributed by atoms with E-state index in [0.29, 0.717) is 4.88 Å². The molecule has 1 heterocycles. The van der Waals surface area contributed by atoms with Crippen LogP contribution in [0.3, 0.4) is 0 Å². The maximum absolute atomic E-state index is 5.68. The minimum Gasteiger partial charge on any atom is -0.246 e. The van der Waals surface area contributed by atoms with E-state index < -0.39 is 3.79 Å². The van der Waals surface area contributed by atoms with E-state index in [9.17, 15) is 0 Å². The van der Waals surface area contributed by atoms with Gasteiger partial charge in [0.25, 0.3) is 0 Å². The summed E-state index contributed by atoms with van der Waals surface area (Å²) >= 11 is 18.4. The Morgan fingerprint density at radius 3 is 2.00 bits per heavy atom. The molecular weight excluding hydrogens is 224 g/mol. The van der Waals surface area contributed by atoms with Crippen LogP contribution >= 0.6 is 46.1 Å². The highest BCUT2D eigenvalue weighted by Gasteiger charge is 2.27. The van der Waals surface area contributed by atoms with Crippen molar-refractivity contribution in [3.05, 3.63) is 15.6 Å². The first-order valence-corrected chi connectivity index (χ1v) is 4.87. The van der Waals surface area contributed by atoms with Crippen molar-refractivity contribution >= 4 is 46.1 Å². The van der Waals surface area contributed by atoms with Crippen molar-refractivity contribution in [2.75, 3.05) is 0 Å². The van der Waals surface area contributed by atoms with Gasteiger partial charge < -0.3 is 0 Å². The predicted octanol–water partition coefficient (Wildman–Crippen LogP) is 3.59. The van der Waals surface area contributed by atoms with Crippen LogP contribution in [0.2, 0.25) is 0 Å². The molecule has 0 radical (unpaired) electrons. The smallest absolute Gasteiger partial charge is 0.226 e. The molecule has 0 unspecified atom stereocenters. The molecule has 1 rings (SSSR count). The van der Waals surface area contributed by atoms with Gasteiger partial charge in [-0.25, -0.2) is 4.98 Å². The molecule has 1 nitrogen and oxygen atoms in total. The lowest BCUT2D eigenvalue weighted by atomic mass is 10.4. The molecule has 11 heavy (non-hydrogen) atoms. The summed E-state index contributed by atoms with van der Waals surface area (Å²) in [6, 6.07) is 0. The van der Waals surface area contributed by atoms with Gasteiger partial charge in [0.1, 0.15) is 0 Å². The molecule has 5 heteroatoms. The highest BCUT2D eigenvalue weighted by atomic mass is 35.6. The molecule has 0 saturated heterocycles. The maximum Gasteiger partial charge on any atom is 0.226 e. The fourth-order valence-corrected chi connectivity index (χ4v) is 2.34. The van der Waals surface area contributed by atoms with Crippen LogP contribution < -0.4 is 0 Å². The van der Waals surface area contributed by atoms with Crippen LogP contribution in [-0.4, -0.2) is 4.98 Å². The number of aromatic nitrogens is 1. The highest BCUT2D eigenvalue weighted by molar-refractivity contribution is 7.13. The zero-order valence-electron chi connectivity index (χ0n) is 5.99. The molecule has 0 saturated carbocycles. The molecule has 0 fully saturated rings. The Kier molecular flexibility index (Phi) is 2.70. The second-order valence-corrected chi connectivity index (χ2v) is 5.63. The van der Waals surface area contributed by atoms with E-state index in [1.807, 2.05) is 13.8 Å². The van der Waals surface area contributed by atoms with Gasteiger partial charge in [-0.15, -0.1) is 11.3 Å². The molecule has 1 aromatic rings. The largest absolute Gasteiger partial charge is 0.246 e. The van der Waals surface area contributed by atoms with E-state index >= 15 is 0 Å². The molecule has 0 aliphatic carbocycles. The highest BCUT2D eigenvalue weighted by Crippen LogP contribution is 2.42. The number of thiazole rings is 1. The second kappa shape index (κ2) is 3.09. The summed E-state index contributed by atoms with van der Waals surface area (Å²) < 4.78 is -1.32. The lowest BCUT2D eigenvalue weighted by Crippen LogP contribution is -1.98. The molecule has 62 valence electrons. The zero-order chi connectivity index (χ0) is 8.65. The number of alkyl halides is 3. The van der Waals surface area contributed by atoms with Gasteiger partial charge in [0.15, 0.2) is 0 Å². The van der Waals surface area contributed by atoms with Crippen LogP contribution in [0.4, 0.5) is 0 Å². The number of hydrogen-bond donors (Lipinski definition) is 0. The summed E-state index contributed by atoms with van der Waals surface area (Å²) in [5.41, 5.74) is 0.799. The lowest BCUT2D eigenvalue weighted by molar-refractivity contribution is 1.14. The number of aryl methyl sites for hydroxylation is 2. The van der Waals surface area contributed by atoms with E-state index in [0.717, 1.165) is 10.7 Å². The monoisotopic (exact) mass is 229 g/mol. The fourth-order valence-electron chi connectivity index (χ4n) is 0.794. The van der Waals surface area contributed by atoms with E-state index in [-0.39, 0.29) is 0 Å². The quantitative estimate of drug-likeness (QED) is 0.621. The molecule has 0 spiro atoms. The van der Waals surface area contributed by atoms with Gasteiger partial charge in [-0.2, -0.15) is 0 Å². The second-order valence-electron chi connectivity index (χ2n) is 2.15. The number of rotatable bonds is 0. The normalized spacial score (nSPS) is 12.1. The summed E-state index contributed by atoms with van der Waals surface area (Å²) in [5.74, 6) is 0. The van der Waals surface area contributed by atoms with Gasteiger partial charge in [-0.1, -0.05) is 34.8 Å². The van der Waals surface area contributed by atoms with Crippen molar-refractivity contribution in [1.82, 2.24) is 4.98 Å². The number of nitrogens with zero attached hydrogens (tertiary/aromatic N) is 1. The van der Waals surface area contributed by atoms with Gasteiger partial charge in [-0.3, -0.25) is 0 Å². The van der Waals surface area contributed by atoms with Crippen molar-refractivity contribution in [1.29, 1.82) is 0 Å². The summed E-state index contributed by atoms with van der Waals surface area (Å²) in [6.45, 7) is 3.72. The Balaban J connectivity index is 3.13. The Hall–Kier alpha value is 0.500. The van der Waals surface area contributed by atoms with Crippen molar-refractivity contribution in [3.8, 4) is 0 Å². The molecule has 0 bridgehead atoms. The van der Waals surface area contributed by atoms with Gasteiger partial charge in [0.05, 0.1) is 15.6 Å². The van der Waals surface area contributed by atoms with Crippen LogP contribution in [0.5, 0.6) is 0 Å². The molecule has 0 aromatic carbocycles. The maximum atomic E-state index is 5.68. The summed E-state index contributed by atoms with van der Waals surface area (Å²) in [6.07, 6.45) is 0. The van der Waals surface area contributed by atoms with Gasteiger partial charge >= 0.3 is 0 Å². The van der Waals surface area contributed by atoms with E-state index in [4.69, 9.17) is 34.8 Å². The SMILES string of the molecule is Cc1nc(C)c(C(Cl)(Cl)Cl)s1. The van der Waals surface area contributed by atoms with Crippen LogP contribution in [-0.2, 0) is 3.79 Å². The minimum absolute atomic E-state index is 0.708. The third-order valence-corrected chi connectivity index (χ3v) is 3.26. The fraction of sp³-hybridized carbons (Fsp3) is 0.500. The van der Waals surface area contributed by atoms with Crippen molar-refractivity contribution in [3.63, 3.8) is 0 Å². The average molecular weight is 231 g/mol. The number of halogens is 3. The van der Waals surface area contributed by atoms with Crippen molar-refractivity contribution in [2.24, 2.45) is 0 Å². The molecule has 1 aromatic heterocycles. The Bertz CT molecular complexity index is 263. The third-order valence-electron chi connectivity index (χ3n) is 1.16. The molecule has 0 aliphatic heterocycles. The third kappa shape index (κ3) is 2.22. The summed E-state index contributed by atoms with van der Waals surface area (Å²) in [5, 5.41) is 0.920. The van der Waals surface area contributed by atoms with Gasteiger partial charge in [0, 0.05) is 0 Å². The first-order valence-electron chi connectivity index (χ1n) is 2.92. The Morgan fingerprint density at radius 2 is 1.82 bits per heavy atom. The van der Waals surface area contributed by atoms with E-state index in [1.54, 1.807) is 0 Å². The Morgan fingerprint density at radius 1 is 1.27 bits per heavy atom. The minimum atomic E-state index is -1.32. The molecule has 0 amide bonds. The molecule has 0 N–H and O–H groups in total. The topological polar surface area (TPSA) is 12.9 Å². The van der Waals surface area contributed by atoms with E-state index in [2.05, 4.69) is 4.98 Å². The lowest BCUT2D eigenvalue weighted by Gasteiger charge is -2.07. The Labute approximate surface area is 84.3 Å². The first-order chi connectivity index (χ1) is 4.91. The average Bonchev–Trinajstić information content (AvgIpc) is 2.08. The van der Waals surface area contributed by atoms with Crippen LogP contribution in [0, 0.1) is 13.8 Å². The van der Waals surface area contributed by atoms with Gasteiger partial charge in [-0.05, 0) is 13.8 Å². The summed E-state index contributed by atoms with van der Waals surface area (Å²) in [4.78, 5) is 4.85. The van der Waals surface area contributed by atoms with Crippen molar-refractivity contribution in [2.45, 2.75) is 17.6 Å². The van der Waals surface area contributed by atoms with E-state index in [1.165, 1.54) is 11.3 Å². The van der Waals surface area contributed by atoms with Crippen LogP contribution in [0.1, 0.15) is 15.6 Å². The van der Waals surface area contributed by atoms with Crippen molar-refractivity contribution < 1.29 is 0 Å². The van der Waals surface area contributed by atoms with Gasteiger partial charge in [0.2, 0.25) is 3.79 Å². The van der Waals surface area contributed by atoms with Crippen LogP contribution in [0.25, 0.3) is 0 Å². The predicted molar refractivity (Wildman–Crippen MR) is 50.8 cm³/mol.